The highest BCUT2D eigenvalue weighted by atomic mass is 32.1. The normalized spacial score (nSPS) is 16.9. The second-order valence-corrected chi connectivity index (χ2v) is 18.9. The van der Waals surface area contributed by atoms with Crippen LogP contribution in [0.3, 0.4) is 0 Å². The molecule has 0 radical (unpaired) electrons. The molecular formula is C48H54N10O3S. The predicted molar refractivity (Wildman–Crippen MR) is 247 cm³/mol. The number of rotatable bonds is 10. The first kappa shape index (κ1) is 41.2. The Morgan fingerprint density at radius 1 is 0.790 bits per heavy atom. The number of imide groups is 1. The fourth-order valence-corrected chi connectivity index (χ4v) is 9.65. The Hall–Kier alpha value is -6.12. The van der Waals surface area contributed by atoms with Crippen LogP contribution in [-0.4, -0.2) is 95.3 Å². The molecule has 3 aromatic heterocycles. The molecule has 0 aliphatic carbocycles. The molecule has 6 aromatic rings. The summed E-state index contributed by atoms with van der Waals surface area (Å²) in [5.41, 5.74) is 10.0. The lowest BCUT2D eigenvalue weighted by Gasteiger charge is -2.40. The van der Waals surface area contributed by atoms with Gasteiger partial charge in [-0.1, -0.05) is 45.0 Å². The molecule has 0 bridgehead atoms. The molecular weight excluding hydrogens is 797 g/mol. The van der Waals surface area contributed by atoms with E-state index in [0.717, 1.165) is 101 Å². The quantitative estimate of drug-likeness (QED) is 0.126. The Balaban J connectivity index is 0.759. The fourth-order valence-electron chi connectivity index (χ4n) is 8.76. The minimum absolute atomic E-state index is 0.0894. The number of nitrogens with zero attached hydrogens (tertiary/aromatic N) is 7. The number of piperazine rings is 1. The van der Waals surface area contributed by atoms with Crippen molar-refractivity contribution in [3.05, 3.63) is 106 Å². The summed E-state index contributed by atoms with van der Waals surface area (Å²) in [6, 6.07) is 25.1. The zero-order valence-electron chi connectivity index (χ0n) is 35.9. The van der Waals surface area contributed by atoms with Gasteiger partial charge in [-0.05, 0) is 90.9 Å². The van der Waals surface area contributed by atoms with E-state index < -0.39 is 0 Å². The predicted octanol–water partition coefficient (Wildman–Crippen LogP) is 7.77. The van der Waals surface area contributed by atoms with E-state index in [1.807, 2.05) is 18.3 Å². The Morgan fingerprint density at radius 3 is 2.15 bits per heavy atom. The first-order valence-corrected chi connectivity index (χ1v) is 22.5. The van der Waals surface area contributed by atoms with Crippen molar-refractivity contribution in [3.8, 4) is 22.4 Å². The minimum Gasteiger partial charge on any atom is -0.372 e. The van der Waals surface area contributed by atoms with Crippen molar-refractivity contribution in [1.29, 1.82) is 0 Å². The zero-order valence-corrected chi connectivity index (χ0v) is 36.7. The molecule has 0 atom stereocenters. The average Bonchev–Trinajstić information content (AvgIpc) is 3.96. The largest absolute Gasteiger partial charge is 0.372 e. The molecule has 13 nitrogen and oxygen atoms in total. The number of carbonyl (C=O) groups excluding carboxylic acids is 3. The van der Waals surface area contributed by atoms with Crippen molar-refractivity contribution < 1.29 is 14.4 Å². The van der Waals surface area contributed by atoms with Crippen molar-refractivity contribution >= 4 is 57.3 Å². The van der Waals surface area contributed by atoms with Crippen molar-refractivity contribution in [3.63, 3.8) is 0 Å². The number of benzene rings is 3. The molecule has 3 saturated heterocycles. The van der Waals surface area contributed by atoms with Gasteiger partial charge >= 0.3 is 6.03 Å². The zero-order chi connectivity index (χ0) is 43.0. The van der Waals surface area contributed by atoms with Crippen LogP contribution in [0.4, 0.5) is 21.9 Å². The smallest absolute Gasteiger partial charge is 0.328 e. The van der Waals surface area contributed by atoms with Crippen LogP contribution in [0.25, 0.3) is 33.4 Å². The van der Waals surface area contributed by atoms with Gasteiger partial charge in [0.15, 0.2) is 5.65 Å². The summed E-state index contributed by atoms with van der Waals surface area (Å²) in [5, 5.41) is 15.2. The third-order valence-corrected chi connectivity index (χ3v) is 13.9. The van der Waals surface area contributed by atoms with Crippen LogP contribution in [0, 0.1) is 12.8 Å². The topological polar surface area (TPSA) is 143 Å². The number of amides is 4. The number of aromatic amines is 1. The van der Waals surface area contributed by atoms with E-state index in [-0.39, 0.29) is 23.3 Å². The number of hydrogen-bond donors (Lipinski definition) is 3. The summed E-state index contributed by atoms with van der Waals surface area (Å²) in [4.78, 5) is 55.7. The first-order chi connectivity index (χ1) is 29.9. The molecule has 0 saturated carbocycles. The Morgan fingerprint density at radius 2 is 1.47 bits per heavy atom. The van der Waals surface area contributed by atoms with Gasteiger partial charge < -0.3 is 15.1 Å². The summed E-state index contributed by atoms with van der Waals surface area (Å²) >= 11 is 1.45. The van der Waals surface area contributed by atoms with Gasteiger partial charge in [-0.3, -0.25) is 29.8 Å². The Bertz CT molecular complexity index is 2580. The molecule has 0 spiro atoms. The van der Waals surface area contributed by atoms with Gasteiger partial charge in [0.1, 0.15) is 10.6 Å². The number of hydrogen-bond acceptors (Lipinski definition) is 10. The molecule has 3 aromatic carbocycles. The van der Waals surface area contributed by atoms with Crippen molar-refractivity contribution in [2.24, 2.45) is 5.92 Å². The number of aromatic nitrogens is 4. The van der Waals surface area contributed by atoms with Crippen LogP contribution in [0.2, 0.25) is 0 Å². The first-order valence-electron chi connectivity index (χ1n) is 21.7. The van der Waals surface area contributed by atoms with Gasteiger partial charge in [-0.2, -0.15) is 5.10 Å². The summed E-state index contributed by atoms with van der Waals surface area (Å²) in [6.07, 6.45) is 6.24. The second-order valence-electron chi connectivity index (χ2n) is 17.8. The number of fused-ring (bicyclic) bond motifs is 1. The molecule has 6 heterocycles. The maximum absolute atomic E-state index is 12.9. The molecule has 4 amide bonds. The van der Waals surface area contributed by atoms with Gasteiger partial charge in [0.2, 0.25) is 5.91 Å². The molecule has 0 unspecified atom stereocenters. The van der Waals surface area contributed by atoms with E-state index in [0.29, 0.717) is 30.3 Å². The molecule has 320 valence electrons. The number of H-pyrrole nitrogens is 1. The minimum atomic E-state index is -0.347. The van der Waals surface area contributed by atoms with Crippen LogP contribution in [0.1, 0.15) is 65.8 Å². The number of nitrogens with one attached hydrogen (secondary N) is 3. The van der Waals surface area contributed by atoms with Gasteiger partial charge in [0.05, 0.1) is 11.2 Å². The van der Waals surface area contributed by atoms with E-state index in [1.54, 1.807) is 11.1 Å². The number of aryl methyl sites for hydroxylation is 1. The third-order valence-electron chi connectivity index (χ3n) is 12.5. The number of urea groups is 1. The van der Waals surface area contributed by atoms with Crippen LogP contribution >= 0.6 is 11.3 Å². The maximum Gasteiger partial charge on any atom is 0.328 e. The van der Waals surface area contributed by atoms with Crippen molar-refractivity contribution in [2.45, 2.75) is 58.9 Å². The van der Waals surface area contributed by atoms with Crippen LogP contribution in [0.15, 0.2) is 85.2 Å². The van der Waals surface area contributed by atoms with Gasteiger partial charge in [0.25, 0.3) is 5.91 Å². The number of thiazole rings is 1. The second kappa shape index (κ2) is 17.3. The lowest BCUT2D eigenvalue weighted by Crippen LogP contribution is -2.49. The van der Waals surface area contributed by atoms with E-state index in [2.05, 4.69) is 129 Å². The maximum atomic E-state index is 12.9. The third kappa shape index (κ3) is 8.93. The van der Waals surface area contributed by atoms with E-state index in [4.69, 9.17) is 4.98 Å². The fraction of sp³-hybridized carbons (Fsp3) is 0.375. The standard InChI is InChI=1S/C48H54N10O3S/c1-31-25-34(5-6-35(31)27-50-45(60)41-29-51-46(62-41)48(2,3)4)43-40-26-36(28-49-44(40)54-53-43)33-7-9-37(10-8-33)57-23-21-55(22-24-57)30-32-15-18-56(19-16-32)38-11-13-39(14-12-38)58-20-17-42(59)52-47(58)61/h5-14,25-26,28-29,32H,15-24,27,30H2,1-4H3,(H,50,60)(H,49,53,54)(H,52,59,61). The van der Waals surface area contributed by atoms with Gasteiger partial charge in [-0.25, -0.2) is 14.8 Å². The van der Waals surface area contributed by atoms with E-state index in [9.17, 15) is 14.4 Å². The molecule has 3 N–H and O–H groups in total. The molecule has 62 heavy (non-hydrogen) atoms. The Labute approximate surface area is 366 Å². The van der Waals surface area contributed by atoms with Crippen LogP contribution in [-0.2, 0) is 16.8 Å². The summed E-state index contributed by atoms with van der Waals surface area (Å²) in [5.74, 6) is 0.364. The summed E-state index contributed by atoms with van der Waals surface area (Å²) in [7, 11) is 0. The summed E-state index contributed by atoms with van der Waals surface area (Å²) < 4.78 is 0. The van der Waals surface area contributed by atoms with Gasteiger partial charge in [0, 0.05) is 111 Å². The van der Waals surface area contributed by atoms with Gasteiger partial charge in [-0.15, -0.1) is 11.3 Å². The lowest BCUT2D eigenvalue weighted by molar-refractivity contribution is -0.120. The van der Waals surface area contributed by atoms with Crippen LogP contribution < -0.4 is 25.3 Å². The SMILES string of the molecule is Cc1cc(-c2n[nH]c3ncc(-c4ccc(N5CCN(CC6CCN(c7ccc(N8CCC(=O)NC8=O)cc7)CC6)CC5)cc4)cc23)ccc1CNC(=O)c1cnc(C(C)(C)C)s1. The highest BCUT2D eigenvalue weighted by molar-refractivity contribution is 7.13. The van der Waals surface area contributed by atoms with E-state index in [1.165, 1.54) is 35.6 Å². The highest BCUT2D eigenvalue weighted by Gasteiger charge is 2.27. The number of piperidine rings is 1. The van der Waals surface area contributed by atoms with Crippen LogP contribution in [0.5, 0.6) is 0 Å². The molecule has 3 fully saturated rings. The Kier molecular flexibility index (Phi) is 11.5. The van der Waals surface area contributed by atoms with Crippen molar-refractivity contribution in [2.75, 3.05) is 67.1 Å². The molecule has 14 heteroatoms. The summed E-state index contributed by atoms with van der Waals surface area (Å²) in [6.45, 7) is 16.5. The number of anilines is 3. The lowest BCUT2D eigenvalue weighted by atomic mass is 9.95. The monoisotopic (exact) mass is 850 g/mol. The number of carbonyl (C=O) groups is 3. The van der Waals surface area contributed by atoms with Crippen molar-refractivity contribution in [1.82, 2.24) is 35.7 Å². The molecule has 9 rings (SSSR count). The highest BCUT2D eigenvalue weighted by Crippen LogP contribution is 2.33. The number of pyridine rings is 1. The van der Waals surface area contributed by atoms with E-state index >= 15 is 0 Å². The molecule has 3 aliphatic rings. The average molecular weight is 851 g/mol. The molecule has 3 aliphatic heterocycles.